The summed E-state index contributed by atoms with van der Waals surface area (Å²) >= 11 is 0. The standard InChI is InChI=1S/C16H23NO4S/c1-2-21-16(18)14-7-6-10-17(13-14)11-12-22(19,20)15-8-4-3-5-9-15/h3-5,8-9,14H,2,6-7,10-13H2,1H3. The van der Waals surface area contributed by atoms with E-state index in [4.69, 9.17) is 4.74 Å². The van der Waals surface area contributed by atoms with E-state index in [-0.39, 0.29) is 17.6 Å². The summed E-state index contributed by atoms with van der Waals surface area (Å²) in [5.74, 6) is -0.224. The van der Waals surface area contributed by atoms with Gasteiger partial charge in [-0.1, -0.05) is 18.2 Å². The molecule has 5 nitrogen and oxygen atoms in total. The zero-order valence-electron chi connectivity index (χ0n) is 12.9. The molecular formula is C16H23NO4S. The van der Waals surface area contributed by atoms with Crippen LogP contribution in [0.15, 0.2) is 35.2 Å². The average molecular weight is 325 g/mol. The highest BCUT2D eigenvalue weighted by Crippen LogP contribution is 2.18. The van der Waals surface area contributed by atoms with E-state index in [0.717, 1.165) is 19.4 Å². The summed E-state index contributed by atoms with van der Waals surface area (Å²) in [6, 6.07) is 8.49. The fourth-order valence-corrected chi connectivity index (χ4v) is 4.01. The van der Waals surface area contributed by atoms with Crippen LogP contribution in [0, 0.1) is 5.92 Å². The average Bonchev–Trinajstić information content (AvgIpc) is 2.54. The van der Waals surface area contributed by atoms with E-state index < -0.39 is 9.84 Å². The molecule has 1 aromatic rings. The number of carbonyl (C=O) groups excluding carboxylic acids is 1. The smallest absolute Gasteiger partial charge is 0.310 e. The molecule has 22 heavy (non-hydrogen) atoms. The predicted octanol–water partition coefficient (Wildman–Crippen LogP) is 1.74. The fraction of sp³-hybridized carbons (Fsp3) is 0.562. The molecule has 0 bridgehead atoms. The summed E-state index contributed by atoms with van der Waals surface area (Å²) in [6.45, 7) is 4.05. The monoisotopic (exact) mass is 325 g/mol. The molecule has 122 valence electrons. The maximum absolute atomic E-state index is 12.3. The van der Waals surface area contributed by atoms with E-state index in [1.807, 2.05) is 4.90 Å². The van der Waals surface area contributed by atoms with Gasteiger partial charge in [-0.2, -0.15) is 0 Å². The quantitative estimate of drug-likeness (QED) is 0.746. The molecule has 0 radical (unpaired) electrons. The number of hydrogen-bond donors (Lipinski definition) is 0. The van der Waals surface area contributed by atoms with Crippen molar-refractivity contribution in [3.63, 3.8) is 0 Å². The molecule has 1 unspecified atom stereocenters. The Bertz CT molecular complexity index is 585. The summed E-state index contributed by atoms with van der Waals surface area (Å²) in [6.07, 6.45) is 1.72. The minimum absolute atomic E-state index is 0.0760. The number of hydrogen-bond acceptors (Lipinski definition) is 5. The van der Waals surface area contributed by atoms with Crippen LogP contribution in [0.2, 0.25) is 0 Å². The van der Waals surface area contributed by atoms with Crippen LogP contribution in [0.25, 0.3) is 0 Å². The third-order valence-corrected chi connectivity index (χ3v) is 5.61. The van der Waals surface area contributed by atoms with Crippen molar-refractivity contribution in [1.82, 2.24) is 4.90 Å². The second-order valence-corrected chi connectivity index (χ2v) is 7.63. The Morgan fingerprint density at radius 3 is 2.73 bits per heavy atom. The summed E-state index contributed by atoms with van der Waals surface area (Å²) in [4.78, 5) is 14.2. The third kappa shape index (κ3) is 4.55. The van der Waals surface area contributed by atoms with E-state index in [2.05, 4.69) is 0 Å². The van der Waals surface area contributed by atoms with Crippen molar-refractivity contribution in [2.45, 2.75) is 24.7 Å². The van der Waals surface area contributed by atoms with Gasteiger partial charge < -0.3 is 9.64 Å². The second kappa shape index (κ2) is 7.74. The molecule has 0 aliphatic carbocycles. The van der Waals surface area contributed by atoms with Crippen LogP contribution in [0.4, 0.5) is 0 Å². The zero-order chi connectivity index (χ0) is 16.0. The molecule has 0 amide bonds. The van der Waals surface area contributed by atoms with Gasteiger partial charge in [-0.25, -0.2) is 8.42 Å². The van der Waals surface area contributed by atoms with Crippen LogP contribution in [0.1, 0.15) is 19.8 Å². The molecule has 0 N–H and O–H groups in total. The van der Waals surface area contributed by atoms with Gasteiger partial charge in [0.15, 0.2) is 9.84 Å². The first kappa shape index (κ1) is 17.0. The molecule has 0 saturated carbocycles. The molecule has 1 aliphatic heterocycles. The second-order valence-electron chi connectivity index (χ2n) is 5.52. The highest BCUT2D eigenvalue weighted by molar-refractivity contribution is 7.91. The van der Waals surface area contributed by atoms with Crippen LogP contribution in [0.5, 0.6) is 0 Å². The molecule has 1 aliphatic rings. The van der Waals surface area contributed by atoms with Crippen molar-refractivity contribution in [2.24, 2.45) is 5.92 Å². The van der Waals surface area contributed by atoms with Gasteiger partial charge in [0.05, 0.1) is 23.2 Å². The lowest BCUT2D eigenvalue weighted by Gasteiger charge is -2.31. The molecule has 0 aromatic heterocycles. The van der Waals surface area contributed by atoms with E-state index in [1.54, 1.807) is 37.3 Å². The maximum atomic E-state index is 12.3. The number of sulfone groups is 1. The number of ether oxygens (including phenoxy) is 1. The summed E-state index contributed by atoms with van der Waals surface area (Å²) in [5.41, 5.74) is 0. The number of piperidine rings is 1. The van der Waals surface area contributed by atoms with Gasteiger partial charge in [0, 0.05) is 13.1 Å². The number of likely N-dealkylation sites (tertiary alicyclic amines) is 1. The molecule has 1 fully saturated rings. The van der Waals surface area contributed by atoms with Gasteiger partial charge in [0.25, 0.3) is 0 Å². The zero-order valence-corrected chi connectivity index (χ0v) is 13.7. The molecule has 1 heterocycles. The summed E-state index contributed by atoms with van der Waals surface area (Å²) < 4.78 is 29.6. The van der Waals surface area contributed by atoms with Crippen molar-refractivity contribution in [2.75, 3.05) is 32.0 Å². The molecule has 0 spiro atoms. The van der Waals surface area contributed by atoms with Gasteiger partial charge in [-0.05, 0) is 38.4 Å². The van der Waals surface area contributed by atoms with Gasteiger partial charge in [0.1, 0.15) is 0 Å². The maximum Gasteiger partial charge on any atom is 0.310 e. The van der Waals surface area contributed by atoms with Crippen molar-refractivity contribution >= 4 is 15.8 Å². The van der Waals surface area contributed by atoms with E-state index in [0.29, 0.717) is 24.6 Å². The Balaban J connectivity index is 1.90. The van der Waals surface area contributed by atoms with Crippen molar-refractivity contribution < 1.29 is 17.9 Å². The molecule has 1 atom stereocenters. The highest BCUT2D eigenvalue weighted by Gasteiger charge is 2.27. The lowest BCUT2D eigenvalue weighted by molar-refractivity contribution is -0.149. The van der Waals surface area contributed by atoms with E-state index in [1.165, 1.54) is 0 Å². The van der Waals surface area contributed by atoms with Crippen LogP contribution >= 0.6 is 0 Å². The Hall–Kier alpha value is -1.40. The van der Waals surface area contributed by atoms with Crippen LogP contribution < -0.4 is 0 Å². The SMILES string of the molecule is CCOC(=O)C1CCCN(CCS(=O)(=O)c2ccccc2)C1. The topological polar surface area (TPSA) is 63.7 Å². The lowest BCUT2D eigenvalue weighted by Crippen LogP contribution is -2.41. The first-order valence-corrected chi connectivity index (χ1v) is 9.35. The Kier molecular flexibility index (Phi) is 5.97. The van der Waals surface area contributed by atoms with Crippen molar-refractivity contribution in [1.29, 1.82) is 0 Å². The molecule has 6 heteroatoms. The van der Waals surface area contributed by atoms with Crippen LogP contribution in [-0.2, 0) is 19.4 Å². The fourth-order valence-electron chi connectivity index (χ4n) is 2.71. The first-order chi connectivity index (χ1) is 10.5. The number of esters is 1. The minimum atomic E-state index is -3.27. The predicted molar refractivity (Wildman–Crippen MR) is 84.3 cm³/mol. The molecule has 1 aromatic carbocycles. The van der Waals surface area contributed by atoms with E-state index in [9.17, 15) is 13.2 Å². The van der Waals surface area contributed by atoms with Crippen LogP contribution in [-0.4, -0.2) is 51.3 Å². The Morgan fingerprint density at radius 1 is 1.32 bits per heavy atom. The molecule has 2 rings (SSSR count). The van der Waals surface area contributed by atoms with Gasteiger partial charge >= 0.3 is 5.97 Å². The van der Waals surface area contributed by atoms with Gasteiger partial charge in [-0.3, -0.25) is 4.79 Å². The Labute approximate surface area is 132 Å². The summed E-state index contributed by atoms with van der Waals surface area (Å²) in [5, 5.41) is 0. The number of benzene rings is 1. The van der Waals surface area contributed by atoms with Gasteiger partial charge in [-0.15, -0.1) is 0 Å². The molecular weight excluding hydrogens is 302 g/mol. The summed E-state index contributed by atoms with van der Waals surface area (Å²) in [7, 11) is -3.27. The Morgan fingerprint density at radius 2 is 2.05 bits per heavy atom. The number of carbonyl (C=O) groups is 1. The van der Waals surface area contributed by atoms with Crippen LogP contribution in [0.3, 0.4) is 0 Å². The van der Waals surface area contributed by atoms with E-state index >= 15 is 0 Å². The number of nitrogens with zero attached hydrogens (tertiary/aromatic N) is 1. The third-order valence-electron chi connectivity index (χ3n) is 3.90. The largest absolute Gasteiger partial charge is 0.466 e. The highest BCUT2D eigenvalue weighted by atomic mass is 32.2. The first-order valence-electron chi connectivity index (χ1n) is 7.69. The minimum Gasteiger partial charge on any atom is -0.466 e. The molecule has 1 saturated heterocycles. The lowest BCUT2D eigenvalue weighted by atomic mass is 9.98. The van der Waals surface area contributed by atoms with Crippen molar-refractivity contribution in [3.8, 4) is 0 Å². The normalized spacial score (nSPS) is 19.8. The number of rotatable bonds is 6. The van der Waals surface area contributed by atoms with Gasteiger partial charge in [0.2, 0.25) is 0 Å². The van der Waals surface area contributed by atoms with Crippen molar-refractivity contribution in [3.05, 3.63) is 30.3 Å².